The summed E-state index contributed by atoms with van der Waals surface area (Å²) >= 11 is 0. The average molecular weight is 475 g/mol. The molecule has 0 aliphatic carbocycles. The highest BCUT2D eigenvalue weighted by Crippen LogP contribution is 2.33. The average Bonchev–Trinajstić information content (AvgIpc) is 3.11. The van der Waals surface area contributed by atoms with Crippen molar-refractivity contribution in [1.29, 1.82) is 0 Å². The van der Waals surface area contributed by atoms with Gasteiger partial charge in [0.2, 0.25) is 0 Å². The van der Waals surface area contributed by atoms with E-state index >= 15 is 0 Å². The van der Waals surface area contributed by atoms with Gasteiger partial charge in [0, 0.05) is 44.7 Å². The third kappa shape index (κ3) is 5.40. The summed E-state index contributed by atoms with van der Waals surface area (Å²) in [5.74, 6) is -0.497. The van der Waals surface area contributed by atoms with Crippen molar-refractivity contribution in [3.63, 3.8) is 0 Å². The summed E-state index contributed by atoms with van der Waals surface area (Å²) in [5, 5.41) is 4.27. The summed E-state index contributed by atoms with van der Waals surface area (Å²) in [6.45, 7) is 7.44. The quantitative estimate of drug-likeness (QED) is 0.210. The van der Waals surface area contributed by atoms with Gasteiger partial charge in [-0.2, -0.15) is 26.7 Å². The van der Waals surface area contributed by atoms with E-state index in [4.69, 9.17) is 4.74 Å². The topological polar surface area (TPSA) is 96.2 Å². The predicted octanol–water partition coefficient (Wildman–Crippen LogP) is 4.03. The molecule has 0 fully saturated rings. The van der Waals surface area contributed by atoms with Crippen molar-refractivity contribution in [2.45, 2.75) is 37.9 Å². The molecule has 0 saturated heterocycles. The van der Waals surface area contributed by atoms with Crippen molar-refractivity contribution in [2.75, 3.05) is 6.61 Å². The molecule has 3 rings (SSSR count). The normalized spacial score (nSPS) is 13.0. The second-order valence-corrected chi connectivity index (χ2v) is 15.1. The number of nitrogens with zero attached hydrogens (tertiary/aromatic N) is 4. The van der Waals surface area contributed by atoms with Crippen LogP contribution in [-0.4, -0.2) is 48.4 Å². The second kappa shape index (κ2) is 8.55. The van der Waals surface area contributed by atoms with E-state index in [0.29, 0.717) is 18.0 Å². The summed E-state index contributed by atoms with van der Waals surface area (Å²) in [6, 6.07) is 5.02. The minimum atomic E-state index is -5.83. The Morgan fingerprint density at radius 2 is 1.77 bits per heavy atom. The molecule has 0 spiro atoms. The number of pyridine rings is 2. The molecule has 3 aromatic heterocycles. The Morgan fingerprint density at radius 1 is 1.06 bits per heavy atom. The minimum Gasteiger partial charge on any atom is -0.375 e. The summed E-state index contributed by atoms with van der Waals surface area (Å²) in [7, 11) is -7.08. The predicted molar refractivity (Wildman–Crippen MR) is 110 cm³/mol. The maximum Gasteiger partial charge on any atom is 0.534 e. The van der Waals surface area contributed by atoms with Crippen LogP contribution in [0.5, 0.6) is 5.75 Å². The van der Waals surface area contributed by atoms with Gasteiger partial charge in [-0.1, -0.05) is 19.6 Å². The Bertz CT molecular complexity index is 1180. The monoisotopic (exact) mass is 474 g/mol. The number of rotatable bonds is 8. The van der Waals surface area contributed by atoms with Crippen molar-refractivity contribution in [3.05, 3.63) is 36.8 Å². The lowest BCUT2D eigenvalue weighted by Gasteiger charge is -2.16. The van der Waals surface area contributed by atoms with Crippen LogP contribution in [0.4, 0.5) is 13.2 Å². The van der Waals surface area contributed by atoms with E-state index in [2.05, 4.69) is 38.9 Å². The first-order chi connectivity index (χ1) is 14.4. The number of hydrogen-bond donors (Lipinski definition) is 0. The van der Waals surface area contributed by atoms with E-state index in [1.54, 1.807) is 10.7 Å². The fraction of sp³-hybridized carbons (Fsp3) is 0.389. The maximum absolute atomic E-state index is 12.7. The first kappa shape index (κ1) is 23.2. The van der Waals surface area contributed by atoms with Crippen LogP contribution in [0.2, 0.25) is 25.7 Å². The molecule has 0 atom stereocenters. The molecule has 0 saturated carbocycles. The molecule has 168 valence electrons. The molecule has 0 amide bonds. The lowest BCUT2D eigenvalue weighted by molar-refractivity contribution is -0.0499. The molecule has 0 bridgehead atoms. The third-order valence-electron chi connectivity index (χ3n) is 4.27. The van der Waals surface area contributed by atoms with Crippen molar-refractivity contribution in [2.24, 2.45) is 0 Å². The van der Waals surface area contributed by atoms with Crippen LogP contribution in [-0.2, 0) is 21.6 Å². The zero-order chi connectivity index (χ0) is 22.9. The zero-order valence-corrected chi connectivity index (χ0v) is 18.9. The zero-order valence-electron chi connectivity index (χ0n) is 17.0. The van der Waals surface area contributed by atoms with E-state index < -0.39 is 29.4 Å². The van der Waals surface area contributed by atoms with Gasteiger partial charge < -0.3 is 8.92 Å². The van der Waals surface area contributed by atoms with E-state index in [9.17, 15) is 21.6 Å². The summed E-state index contributed by atoms with van der Waals surface area (Å²) in [5.41, 5.74) is -4.56. The van der Waals surface area contributed by atoms with Gasteiger partial charge in [0.05, 0.1) is 5.69 Å². The SMILES string of the molecule is C[Si](C)(C)CCOCn1nccc1-c1nccc2c(OS(=O)(=O)C(F)(F)F)ccnc12. The Labute approximate surface area is 178 Å². The van der Waals surface area contributed by atoms with Crippen LogP contribution < -0.4 is 4.18 Å². The molecule has 0 radical (unpaired) electrons. The first-order valence-corrected chi connectivity index (χ1v) is 14.3. The molecular formula is C18H21F3N4O4SSi. The third-order valence-corrected chi connectivity index (χ3v) is 6.94. The molecule has 31 heavy (non-hydrogen) atoms. The number of hydrogen-bond acceptors (Lipinski definition) is 7. The van der Waals surface area contributed by atoms with Gasteiger partial charge >= 0.3 is 15.6 Å². The summed E-state index contributed by atoms with van der Waals surface area (Å²) < 4.78 is 72.7. The molecule has 13 heteroatoms. The Kier molecular flexibility index (Phi) is 6.39. The molecule has 0 aliphatic heterocycles. The largest absolute Gasteiger partial charge is 0.534 e. The van der Waals surface area contributed by atoms with Crippen molar-refractivity contribution < 1.29 is 30.5 Å². The van der Waals surface area contributed by atoms with Crippen molar-refractivity contribution in [1.82, 2.24) is 19.7 Å². The highest BCUT2D eigenvalue weighted by atomic mass is 32.2. The molecule has 0 unspecified atom stereocenters. The Balaban J connectivity index is 1.93. The second-order valence-electron chi connectivity index (χ2n) is 7.91. The molecule has 8 nitrogen and oxygen atoms in total. The molecule has 0 aliphatic rings. The highest BCUT2D eigenvalue weighted by molar-refractivity contribution is 7.88. The van der Waals surface area contributed by atoms with E-state index in [-0.39, 0.29) is 17.6 Å². The Morgan fingerprint density at radius 3 is 2.45 bits per heavy atom. The van der Waals surface area contributed by atoms with E-state index in [0.717, 1.165) is 18.3 Å². The van der Waals surface area contributed by atoms with Crippen LogP contribution in [0, 0.1) is 0 Å². The Hall–Kier alpha value is -2.51. The van der Waals surface area contributed by atoms with Crippen LogP contribution in [0.3, 0.4) is 0 Å². The fourth-order valence-corrected chi connectivity index (χ4v) is 3.88. The van der Waals surface area contributed by atoms with Gasteiger partial charge in [0.25, 0.3) is 0 Å². The summed E-state index contributed by atoms with van der Waals surface area (Å²) in [4.78, 5) is 8.43. The number of halogens is 3. The lowest BCUT2D eigenvalue weighted by atomic mass is 10.1. The maximum atomic E-state index is 12.7. The van der Waals surface area contributed by atoms with Gasteiger partial charge in [0.15, 0.2) is 5.75 Å². The number of ether oxygens (including phenoxy) is 1. The fourth-order valence-electron chi connectivity index (χ4n) is 2.64. The minimum absolute atomic E-state index is 0.0627. The van der Waals surface area contributed by atoms with Gasteiger partial charge in [-0.15, -0.1) is 0 Å². The highest BCUT2D eigenvalue weighted by Gasteiger charge is 2.48. The standard InChI is InChI=1S/C18H21F3N4O4SSi/c1-31(2,3)11-10-28-12-25-14(5-9-24-25)17-16-13(4-7-23-17)15(6-8-22-16)29-30(26,27)18(19,20)21/h4-9H,10-12H2,1-3H3. The van der Waals surface area contributed by atoms with Crippen molar-refractivity contribution >= 4 is 29.1 Å². The summed E-state index contributed by atoms with van der Waals surface area (Å²) in [6.07, 6.45) is 4.02. The molecule has 0 N–H and O–H groups in total. The van der Waals surface area contributed by atoms with Gasteiger partial charge in [0.1, 0.15) is 17.9 Å². The van der Waals surface area contributed by atoms with E-state index in [1.807, 2.05) is 0 Å². The molecule has 3 aromatic rings. The van der Waals surface area contributed by atoms with Crippen LogP contribution in [0.1, 0.15) is 0 Å². The van der Waals surface area contributed by atoms with Gasteiger partial charge in [-0.05, 0) is 18.2 Å². The smallest absolute Gasteiger partial charge is 0.375 e. The number of alkyl halides is 3. The van der Waals surface area contributed by atoms with Gasteiger partial charge in [-0.3, -0.25) is 9.97 Å². The van der Waals surface area contributed by atoms with Crippen LogP contribution >= 0.6 is 0 Å². The van der Waals surface area contributed by atoms with E-state index in [1.165, 1.54) is 18.5 Å². The number of aromatic nitrogens is 4. The molecule has 0 aromatic carbocycles. The van der Waals surface area contributed by atoms with Gasteiger partial charge in [-0.25, -0.2) is 4.68 Å². The molecular weight excluding hydrogens is 453 g/mol. The first-order valence-electron chi connectivity index (χ1n) is 9.23. The van der Waals surface area contributed by atoms with Crippen molar-refractivity contribution in [3.8, 4) is 17.1 Å². The molecule has 3 heterocycles. The van der Waals surface area contributed by atoms with Crippen LogP contribution in [0.25, 0.3) is 22.3 Å². The number of fused-ring (bicyclic) bond motifs is 1. The van der Waals surface area contributed by atoms with Crippen LogP contribution in [0.15, 0.2) is 36.8 Å². The lowest BCUT2D eigenvalue weighted by Crippen LogP contribution is -2.28.